The van der Waals surface area contributed by atoms with Gasteiger partial charge < -0.3 is 43.2 Å². The molecule has 15 nitrogen and oxygen atoms in total. The first-order valence-corrected chi connectivity index (χ1v) is 15.9. The van der Waals surface area contributed by atoms with Crippen molar-refractivity contribution in [2.75, 3.05) is 6.54 Å². The molecular weight excluding hydrogens is 620 g/mol. The van der Waals surface area contributed by atoms with Crippen molar-refractivity contribution in [1.29, 1.82) is 5.41 Å². The molecule has 0 bridgehead atoms. The van der Waals surface area contributed by atoms with Gasteiger partial charge >= 0.3 is 6.09 Å². The predicted molar refractivity (Wildman–Crippen MR) is 181 cm³/mol. The molecule has 0 aliphatic rings. The number of ketones is 1. The Morgan fingerprint density at radius 2 is 1.48 bits per heavy atom. The third kappa shape index (κ3) is 12.5. The van der Waals surface area contributed by atoms with Crippen LogP contribution in [-0.2, 0) is 30.4 Å². The average Bonchev–Trinajstić information content (AvgIpc) is 3.02. The highest BCUT2D eigenvalue weighted by molar-refractivity contribution is 6.39. The molecule has 0 aliphatic heterocycles. The van der Waals surface area contributed by atoms with Crippen molar-refractivity contribution < 1.29 is 33.9 Å². The maximum Gasteiger partial charge on any atom is 0.405 e. The van der Waals surface area contributed by atoms with Crippen LogP contribution in [0.5, 0.6) is 0 Å². The van der Waals surface area contributed by atoms with Crippen LogP contribution < -0.4 is 38.1 Å². The Morgan fingerprint density at radius 1 is 0.833 bits per heavy atom. The van der Waals surface area contributed by atoms with Gasteiger partial charge in [-0.15, -0.1) is 0 Å². The molecule has 0 fully saturated rings. The summed E-state index contributed by atoms with van der Waals surface area (Å²) in [6, 6.07) is 8.29. The highest BCUT2D eigenvalue weighted by Gasteiger charge is 2.35. The van der Waals surface area contributed by atoms with Crippen molar-refractivity contribution in [2.45, 2.75) is 84.0 Å². The van der Waals surface area contributed by atoms with Gasteiger partial charge in [0, 0.05) is 13.0 Å². The van der Waals surface area contributed by atoms with E-state index in [4.69, 9.17) is 16.9 Å². The number of hydrogen-bond acceptors (Lipinski definition) is 7. The first-order valence-electron chi connectivity index (χ1n) is 15.9. The van der Waals surface area contributed by atoms with E-state index in [0.717, 1.165) is 16.3 Å². The molecule has 0 saturated carbocycles. The smallest absolute Gasteiger partial charge is 0.405 e. The molecule has 11 N–H and O–H groups in total. The van der Waals surface area contributed by atoms with Gasteiger partial charge in [0.15, 0.2) is 5.96 Å². The average molecular weight is 669 g/mol. The van der Waals surface area contributed by atoms with Crippen molar-refractivity contribution in [3.8, 4) is 0 Å². The quantitative estimate of drug-likeness (QED) is 0.0445. The van der Waals surface area contributed by atoms with Gasteiger partial charge in [0.2, 0.25) is 23.5 Å². The van der Waals surface area contributed by atoms with E-state index in [1.54, 1.807) is 27.7 Å². The summed E-state index contributed by atoms with van der Waals surface area (Å²) in [5, 5.41) is 30.8. The van der Waals surface area contributed by atoms with E-state index < -0.39 is 65.6 Å². The largest absolute Gasteiger partial charge is 0.465 e. The van der Waals surface area contributed by atoms with Crippen molar-refractivity contribution in [2.24, 2.45) is 23.3 Å². The number of hydrogen-bond donors (Lipinski definition) is 9. The number of guanidine groups is 1. The minimum atomic E-state index is -1.41. The number of carbonyl (C=O) groups excluding carboxylic acids is 5. The maximum atomic E-state index is 13.5. The zero-order valence-corrected chi connectivity index (χ0v) is 27.8. The van der Waals surface area contributed by atoms with Crippen LogP contribution in [0.2, 0.25) is 0 Å². The maximum absolute atomic E-state index is 13.5. The second-order valence-electron chi connectivity index (χ2n) is 12.2. The molecule has 15 heteroatoms. The fourth-order valence-electron chi connectivity index (χ4n) is 5.07. The molecule has 2 rings (SSSR count). The van der Waals surface area contributed by atoms with E-state index >= 15 is 0 Å². The van der Waals surface area contributed by atoms with Gasteiger partial charge in [-0.2, -0.15) is 0 Å². The molecule has 0 radical (unpaired) electrons. The van der Waals surface area contributed by atoms with Crippen molar-refractivity contribution in [3.63, 3.8) is 0 Å². The van der Waals surface area contributed by atoms with Crippen LogP contribution in [0.1, 0.15) is 58.9 Å². The minimum absolute atomic E-state index is 0.00800. The van der Waals surface area contributed by atoms with Crippen LogP contribution in [0, 0.1) is 17.2 Å². The predicted octanol–water partition coefficient (Wildman–Crippen LogP) is 0.883. The number of amides is 5. The van der Waals surface area contributed by atoms with Crippen LogP contribution in [0.3, 0.4) is 0 Å². The van der Waals surface area contributed by atoms with Gasteiger partial charge in [-0.1, -0.05) is 76.6 Å². The normalized spacial score (nSPS) is 14.1. The van der Waals surface area contributed by atoms with Crippen LogP contribution in [0.4, 0.5) is 4.79 Å². The molecule has 0 heterocycles. The molecule has 0 saturated heterocycles. The fraction of sp³-hybridized carbons (Fsp3) is 0.485. The third-order valence-corrected chi connectivity index (χ3v) is 7.86. The monoisotopic (exact) mass is 668 g/mol. The molecule has 48 heavy (non-hydrogen) atoms. The molecule has 3 unspecified atom stereocenters. The van der Waals surface area contributed by atoms with Gasteiger partial charge in [0.25, 0.3) is 5.91 Å². The number of Topliss-reactive ketones (excluding diaryl/α,β-unsaturated/α-hetero) is 1. The summed E-state index contributed by atoms with van der Waals surface area (Å²) in [6.07, 6.45) is -0.569. The lowest BCUT2D eigenvalue weighted by Gasteiger charge is -2.27. The lowest BCUT2D eigenvalue weighted by atomic mass is 9.93. The number of rotatable bonds is 19. The van der Waals surface area contributed by atoms with E-state index in [9.17, 15) is 33.9 Å². The molecule has 5 amide bonds. The fourth-order valence-corrected chi connectivity index (χ4v) is 5.07. The highest BCUT2D eigenvalue weighted by Crippen LogP contribution is 2.17. The Balaban J connectivity index is 2.26. The number of fused-ring (bicyclic) bond motifs is 1. The van der Waals surface area contributed by atoms with Gasteiger partial charge in [-0.3, -0.25) is 29.4 Å². The molecule has 0 aliphatic carbocycles. The zero-order chi connectivity index (χ0) is 36.0. The highest BCUT2D eigenvalue weighted by atomic mass is 16.4. The summed E-state index contributed by atoms with van der Waals surface area (Å²) in [7, 11) is 0. The Kier molecular flexibility index (Phi) is 15.3. The van der Waals surface area contributed by atoms with E-state index in [1.165, 1.54) is 0 Å². The molecule has 0 aromatic heterocycles. The van der Waals surface area contributed by atoms with Crippen LogP contribution in [0.25, 0.3) is 10.8 Å². The number of primary amides is 1. The van der Waals surface area contributed by atoms with Gasteiger partial charge in [-0.25, -0.2) is 4.79 Å². The van der Waals surface area contributed by atoms with E-state index in [2.05, 4.69) is 26.6 Å². The summed E-state index contributed by atoms with van der Waals surface area (Å²) in [5.74, 6) is -5.40. The second-order valence-corrected chi connectivity index (χ2v) is 12.2. The van der Waals surface area contributed by atoms with Crippen LogP contribution >= 0.6 is 0 Å². The van der Waals surface area contributed by atoms with Crippen LogP contribution in [-0.4, -0.2) is 77.3 Å². The third-order valence-electron chi connectivity index (χ3n) is 7.86. The van der Waals surface area contributed by atoms with Crippen LogP contribution in [0.15, 0.2) is 42.5 Å². The first kappa shape index (κ1) is 39.0. The molecule has 5 atom stereocenters. The summed E-state index contributed by atoms with van der Waals surface area (Å²) in [4.78, 5) is 77.1. The SMILES string of the molecule is CC[C@H](C)C(NC(=O)[C@H](CC(C)C)NC(=O)O)C(=O)C(=O)NC(CCCNC(=N)N)C(=O)NC(Cc1ccc2ccccc2c1)C(N)=O. The first-order chi connectivity index (χ1) is 22.6. The molecular formula is C33H48N8O7. The summed E-state index contributed by atoms with van der Waals surface area (Å²) >= 11 is 0. The number of carboxylic acid groups (broad SMARTS) is 1. The number of carbonyl (C=O) groups is 6. The lowest BCUT2D eigenvalue weighted by molar-refractivity contribution is -0.142. The zero-order valence-electron chi connectivity index (χ0n) is 27.8. The van der Waals surface area contributed by atoms with E-state index in [-0.39, 0.29) is 44.1 Å². The summed E-state index contributed by atoms with van der Waals surface area (Å²) < 4.78 is 0. The summed E-state index contributed by atoms with van der Waals surface area (Å²) in [5.41, 5.74) is 11.7. The Hall–Kier alpha value is -5.21. The van der Waals surface area contributed by atoms with Crippen molar-refractivity contribution in [3.05, 3.63) is 48.0 Å². The van der Waals surface area contributed by atoms with Gasteiger partial charge in [0.1, 0.15) is 18.1 Å². The Labute approximate surface area is 279 Å². The molecule has 2 aromatic carbocycles. The molecule has 0 spiro atoms. The van der Waals surface area contributed by atoms with Gasteiger partial charge in [0.05, 0.1) is 6.04 Å². The molecule has 2 aromatic rings. The lowest BCUT2D eigenvalue weighted by Crippen LogP contribution is -2.58. The van der Waals surface area contributed by atoms with E-state index in [0.29, 0.717) is 6.42 Å². The Bertz CT molecular complexity index is 1480. The Morgan fingerprint density at radius 3 is 2.06 bits per heavy atom. The van der Waals surface area contributed by atoms with Crippen molar-refractivity contribution in [1.82, 2.24) is 26.6 Å². The molecule has 262 valence electrons. The topological polar surface area (TPSA) is 259 Å². The van der Waals surface area contributed by atoms with E-state index in [1.807, 2.05) is 42.5 Å². The second kappa shape index (κ2) is 18.8. The minimum Gasteiger partial charge on any atom is -0.465 e. The standard InChI is InChI=1S/C33H48N8O7/c1-5-19(4)26(41-30(45)25(15-18(2)3)40-33(47)48)27(42)31(46)38-23(11-8-14-37-32(35)36)29(44)39-24(28(34)43)17-20-12-13-21-9-6-7-10-22(21)16-20/h6-7,9-10,12-13,16,18-19,23-26,40H,5,8,11,14-15,17H2,1-4H3,(H2,34,43)(H,38,46)(H,39,44)(H,41,45)(H,47,48)(H4,35,36,37)/t19-,23?,24?,25-,26?/m0/s1. The summed E-state index contributed by atoms with van der Waals surface area (Å²) in [6.45, 7) is 7.19. The number of nitrogens with one attached hydrogen (secondary N) is 6. The number of benzene rings is 2. The van der Waals surface area contributed by atoms with Crippen molar-refractivity contribution >= 4 is 52.2 Å². The van der Waals surface area contributed by atoms with Gasteiger partial charge in [-0.05, 0) is 47.4 Å². The number of nitrogens with two attached hydrogens (primary N) is 2.